The Kier molecular flexibility index (Phi) is 7.16. The van der Waals surface area contributed by atoms with Crippen molar-refractivity contribution in [1.82, 2.24) is 5.32 Å². The number of nitrogens with one attached hydrogen (secondary N) is 2. The minimum Gasteiger partial charge on any atom is -0.372 e. The van der Waals surface area contributed by atoms with Crippen molar-refractivity contribution in [2.75, 3.05) is 29.9 Å². The molecule has 1 aromatic rings. The second kappa shape index (κ2) is 9.81. The van der Waals surface area contributed by atoms with E-state index in [1.165, 1.54) is 63.5 Å². The van der Waals surface area contributed by atoms with Gasteiger partial charge in [-0.3, -0.25) is 4.79 Å². The number of hydrogen-bond acceptors (Lipinski definition) is 3. The number of piperidine rings is 1. The molecular formula is C21H33N3O. The van der Waals surface area contributed by atoms with Gasteiger partial charge in [-0.15, -0.1) is 0 Å². The number of nitrogens with zero attached hydrogens (tertiary/aromatic N) is 1. The molecule has 4 nitrogen and oxygen atoms in total. The van der Waals surface area contributed by atoms with Crippen molar-refractivity contribution in [3.8, 4) is 0 Å². The molecule has 1 saturated carbocycles. The van der Waals surface area contributed by atoms with E-state index < -0.39 is 0 Å². The van der Waals surface area contributed by atoms with E-state index in [4.69, 9.17) is 0 Å². The number of hydrogen-bond donors (Lipinski definition) is 2. The summed E-state index contributed by atoms with van der Waals surface area (Å²) in [6, 6.07) is 8.93. The van der Waals surface area contributed by atoms with Crippen LogP contribution in [0.1, 0.15) is 64.2 Å². The number of carbonyl (C=O) groups is 1. The summed E-state index contributed by atoms with van der Waals surface area (Å²) in [5.41, 5.74) is 2.17. The van der Waals surface area contributed by atoms with E-state index in [1.54, 1.807) is 0 Å². The summed E-state index contributed by atoms with van der Waals surface area (Å²) in [5, 5.41) is 6.59. The fourth-order valence-electron chi connectivity index (χ4n) is 4.00. The predicted molar refractivity (Wildman–Crippen MR) is 105 cm³/mol. The van der Waals surface area contributed by atoms with E-state index in [0.29, 0.717) is 12.5 Å². The summed E-state index contributed by atoms with van der Waals surface area (Å²) in [6.07, 6.45) is 12.4. The second-order valence-electron chi connectivity index (χ2n) is 7.54. The predicted octanol–water partition coefficient (Wildman–Crippen LogP) is 4.32. The SMILES string of the molecule is O=C(CCNC1CCCCCC1)Nc1ccc(N2CCCCC2)cc1. The molecule has 138 valence electrons. The van der Waals surface area contributed by atoms with Crippen LogP contribution in [0.3, 0.4) is 0 Å². The molecule has 0 aromatic heterocycles. The van der Waals surface area contributed by atoms with Crippen LogP contribution in [0.15, 0.2) is 24.3 Å². The van der Waals surface area contributed by atoms with E-state index in [1.807, 2.05) is 12.1 Å². The van der Waals surface area contributed by atoms with Gasteiger partial charge in [-0.2, -0.15) is 0 Å². The first-order valence-electron chi connectivity index (χ1n) is 10.2. The van der Waals surface area contributed by atoms with Crippen molar-refractivity contribution in [3.05, 3.63) is 24.3 Å². The Morgan fingerprint density at radius 3 is 2.24 bits per heavy atom. The molecule has 1 heterocycles. The molecule has 2 fully saturated rings. The summed E-state index contributed by atoms with van der Waals surface area (Å²) in [4.78, 5) is 14.6. The van der Waals surface area contributed by atoms with Gasteiger partial charge in [0.05, 0.1) is 0 Å². The molecule has 4 heteroatoms. The third-order valence-corrected chi connectivity index (χ3v) is 5.51. The van der Waals surface area contributed by atoms with Crippen molar-refractivity contribution in [1.29, 1.82) is 0 Å². The van der Waals surface area contributed by atoms with Crippen LogP contribution in [0.25, 0.3) is 0 Å². The molecule has 1 aliphatic heterocycles. The maximum absolute atomic E-state index is 12.1. The maximum atomic E-state index is 12.1. The van der Waals surface area contributed by atoms with Gasteiger partial charge in [-0.25, -0.2) is 0 Å². The first-order chi connectivity index (χ1) is 12.3. The zero-order chi connectivity index (χ0) is 17.3. The van der Waals surface area contributed by atoms with Gasteiger partial charge in [0.1, 0.15) is 0 Å². The number of rotatable bonds is 6. The Morgan fingerprint density at radius 1 is 0.920 bits per heavy atom. The zero-order valence-corrected chi connectivity index (χ0v) is 15.4. The summed E-state index contributed by atoms with van der Waals surface area (Å²) < 4.78 is 0. The van der Waals surface area contributed by atoms with Crippen molar-refractivity contribution >= 4 is 17.3 Å². The van der Waals surface area contributed by atoms with Gasteiger partial charge in [-0.05, 0) is 56.4 Å². The standard InChI is InChI=1S/C21H33N3O/c25-21(14-15-22-18-8-4-1-2-5-9-18)23-19-10-12-20(13-11-19)24-16-6-3-7-17-24/h10-13,18,22H,1-9,14-17H2,(H,23,25). The lowest BCUT2D eigenvalue weighted by Crippen LogP contribution is -2.31. The third kappa shape index (κ3) is 6.03. The first kappa shape index (κ1) is 18.2. The van der Waals surface area contributed by atoms with Crippen molar-refractivity contribution in [2.24, 2.45) is 0 Å². The van der Waals surface area contributed by atoms with Gasteiger partial charge in [0.15, 0.2) is 0 Å². The number of anilines is 2. The third-order valence-electron chi connectivity index (χ3n) is 5.51. The Bertz CT molecular complexity index is 514. The number of amides is 1. The average molecular weight is 344 g/mol. The lowest BCUT2D eigenvalue weighted by atomic mass is 10.1. The molecule has 1 aliphatic carbocycles. The van der Waals surface area contributed by atoms with E-state index in [2.05, 4.69) is 27.7 Å². The highest BCUT2D eigenvalue weighted by Crippen LogP contribution is 2.22. The topological polar surface area (TPSA) is 44.4 Å². The van der Waals surface area contributed by atoms with Crippen LogP contribution >= 0.6 is 0 Å². The van der Waals surface area contributed by atoms with E-state index >= 15 is 0 Å². The summed E-state index contributed by atoms with van der Waals surface area (Å²) in [5.74, 6) is 0.104. The molecule has 0 radical (unpaired) electrons. The molecule has 1 saturated heterocycles. The number of carbonyl (C=O) groups excluding carboxylic acids is 1. The van der Waals surface area contributed by atoms with Gasteiger partial charge in [0.2, 0.25) is 5.91 Å². The van der Waals surface area contributed by atoms with Crippen LogP contribution in [0.5, 0.6) is 0 Å². The molecule has 0 spiro atoms. The smallest absolute Gasteiger partial charge is 0.225 e. The molecule has 2 aliphatic rings. The van der Waals surface area contributed by atoms with Crippen LogP contribution in [0, 0.1) is 0 Å². The van der Waals surface area contributed by atoms with Gasteiger partial charge < -0.3 is 15.5 Å². The molecule has 25 heavy (non-hydrogen) atoms. The average Bonchev–Trinajstić information content (AvgIpc) is 2.92. The van der Waals surface area contributed by atoms with Crippen LogP contribution in [0.4, 0.5) is 11.4 Å². The largest absolute Gasteiger partial charge is 0.372 e. The Labute approximate surface area is 152 Å². The number of benzene rings is 1. The second-order valence-corrected chi connectivity index (χ2v) is 7.54. The zero-order valence-electron chi connectivity index (χ0n) is 15.4. The molecule has 0 atom stereocenters. The first-order valence-corrected chi connectivity index (χ1v) is 10.2. The minimum absolute atomic E-state index is 0.104. The van der Waals surface area contributed by atoms with E-state index in [9.17, 15) is 4.79 Å². The maximum Gasteiger partial charge on any atom is 0.225 e. The van der Waals surface area contributed by atoms with Crippen LogP contribution in [0.2, 0.25) is 0 Å². The molecule has 0 bridgehead atoms. The van der Waals surface area contributed by atoms with Crippen LogP contribution < -0.4 is 15.5 Å². The Balaban J connectivity index is 1.38. The van der Waals surface area contributed by atoms with E-state index in [0.717, 1.165) is 25.3 Å². The van der Waals surface area contributed by atoms with Crippen molar-refractivity contribution in [3.63, 3.8) is 0 Å². The fraction of sp³-hybridized carbons (Fsp3) is 0.667. The summed E-state index contributed by atoms with van der Waals surface area (Å²) >= 11 is 0. The van der Waals surface area contributed by atoms with Crippen LogP contribution in [-0.2, 0) is 4.79 Å². The molecule has 1 aromatic carbocycles. The lowest BCUT2D eigenvalue weighted by molar-refractivity contribution is -0.116. The quantitative estimate of drug-likeness (QED) is 0.756. The molecule has 1 amide bonds. The van der Waals surface area contributed by atoms with Crippen LogP contribution in [-0.4, -0.2) is 31.6 Å². The van der Waals surface area contributed by atoms with E-state index in [-0.39, 0.29) is 5.91 Å². The summed E-state index contributed by atoms with van der Waals surface area (Å²) in [6.45, 7) is 3.08. The molecule has 3 rings (SSSR count). The molecule has 0 unspecified atom stereocenters. The van der Waals surface area contributed by atoms with Gasteiger partial charge in [0, 0.05) is 43.5 Å². The van der Waals surface area contributed by atoms with Gasteiger partial charge in [0.25, 0.3) is 0 Å². The van der Waals surface area contributed by atoms with Gasteiger partial charge in [-0.1, -0.05) is 25.7 Å². The highest BCUT2D eigenvalue weighted by molar-refractivity contribution is 5.91. The highest BCUT2D eigenvalue weighted by Gasteiger charge is 2.13. The molecule has 2 N–H and O–H groups in total. The monoisotopic (exact) mass is 343 g/mol. The highest BCUT2D eigenvalue weighted by atomic mass is 16.1. The minimum atomic E-state index is 0.104. The molecular weight excluding hydrogens is 310 g/mol. The van der Waals surface area contributed by atoms with Gasteiger partial charge >= 0.3 is 0 Å². The van der Waals surface area contributed by atoms with Crippen molar-refractivity contribution < 1.29 is 4.79 Å². The summed E-state index contributed by atoms with van der Waals surface area (Å²) in [7, 11) is 0. The Morgan fingerprint density at radius 2 is 1.56 bits per heavy atom. The fourth-order valence-corrected chi connectivity index (χ4v) is 4.00. The normalized spacial score (nSPS) is 19.4. The Hall–Kier alpha value is -1.55. The van der Waals surface area contributed by atoms with Crippen molar-refractivity contribution in [2.45, 2.75) is 70.3 Å². The lowest BCUT2D eigenvalue weighted by Gasteiger charge is -2.28.